The molecule has 0 aliphatic carbocycles. The Balaban J connectivity index is 2.48. The van der Waals surface area contributed by atoms with Crippen molar-refractivity contribution in [2.45, 2.75) is 27.7 Å². The van der Waals surface area contributed by atoms with Gasteiger partial charge in [-0.2, -0.15) is 0 Å². The molecule has 0 radical (unpaired) electrons. The van der Waals surface area contributed by atoms with Gasteiger partial charge in [0.1, 0.15) is 5.75 Å². The zero-order valence-corrected chi connectivity index (χ0v) is 10.8. The zero-order valence-electron chi connectivity index (χ0n) is 10.8. The summed E-state index contributed by atoms with van der Waals surface area (Å²) in [6, 6.07) is 6.26. The number of hydrogen-bond donors (Lipinski definition) is 1. The van der Waals surface area contributed by atoms with E-state index in [2.05, 4.69) is 51.2 Å². The smallest absolute Gasteiger partial charge is 0.125 e. The molecule has 0 bridgehead atoms. The number of ether oxygens (including phenoxy) is 1. The minimum atomic E-state index is 0.541. The Kier molecular flexibility index (Phi) is 5.33. The van der Waals surface area contributed by atoms with E-state index in [9.17, 15) is 0 Å². The molecule has 1 aromatic rings. The van der Waals surface area contributed by atoms with Crippen molar-refractivity contribution in [2.75, 3.05) is 19.7 Å². The lowest BCUT2D eigenvalue weighted by Gasteiger charge is -2.16. The molecule has 1 atom stereocenters. The van der Waals surface area contributed by atoms with Gasteiger partial charge in [-0.25, -0.2) is 0 Å². The molecule has 0 saturated heterocycles. The van der Waals surface area contributed by atoms with Gasteiger partial charge in [0.2, 0.25) is 0 Å². The molecule has 1 unspecified atom stereocenters. The molecule has 16 heavy (non-hydrogen) atoms. The number of para-hydroxylation sites is 1. The summed E-state index contributed by atoms with van der Waals surface area (Å²) in [5, 5.41) is 3.33. The van der Waals surface area contributed by atoms with E-state index in [1.165, 1.54) is 11.1 Å². The summed E-state index contributed by atoms with van der Waals surface area (Å²) in [6.07, 6.45) is 0. The van der Waals surface area contributed by atoms with Crippen LogP contribution in [-0.4, -0.2) is 19.7 Å². The highest BCUT2D eigenvalue weighted by Gasteiger charge is 2.06. The molecule has 0 aliphatic heterocycles. The van der Waals surface area contributed by atoms with Crippen LogP contribution in [0.2, 0.25) is 0 Å². The Morgan fingerprint density at radius 3 is 2.44 bits per heavy atom. The maximum Gasteiger partial charge on any atom is 0.125 e. The minimum absolute atomic E-state index is 0.541. The summed E-state index contributed by atoms with van der Waals surface area (Å²) < 4.78 is 5.89. The van der Waals surface area contributed by atoms with E-state index in [0.717, 1.165) is 25.4 Å². The Morgan fingerprint density at radius 1 is 1.25 bits per heavy atom. The molecule has 90 valence electrons. The van der Waals surface area contributed by atoms with Crippen molar-refractivity contribution < 1.29 is 4.74 Å². The monoisotopic (exact) mass is 221 g/mol. The van der Waals surface area contributed by atoms with E-state index >= 15 is 0 Å². The van der Waals surface area contributed by atoms with E-state index in [1.54, 1.807) is 0 Å². The summed E-state index contributed by atoms with van der Waals surface area (Å²) in [6.45, 7) is 11.3. The van der Waals surface area contributed by atoms with Gasteiger partial charge in [0.25, 0.3) is 0 Å². The van der Waals surface area contributed by atoms with Crippen LogP contribution in [-0.2, 0) is 0 Å². The van der Waals surface area contributed by atoms with Crippen LogP contribution in [0.15, 0.2) is 18.2 Å². The van der Waals surface area contributed by atoms with Gasteiger partial charge in [-0.1, -0.05) is 32.0 Å². The first-order chi connectivity index (χ1) is 7.65. The van der Waals surface area contributed by atoms with Crippen molar-refractivity contribution in [3.8, 4) is 5.75 Å². The van der Waals surface area contributed by atoms with E-state index in [-0.39, 0.29) is 0 Å². The third-order valence-corrected chi connectivity index (χ3v) is 2.66. The molecule has 0 heterocycles. The number of hydrogen-bond acceptors (Lipinski definition) is 2. The zero-order chi connectivity index (χ0) is 12.0. The second-order valence-corrected chi connectivity index (χ2v) is 4.44. The first kappa shape index (κ1) is 13.0. The number of rotatable bonds is 6. The predicted octanol–water partition coefficient (Wildman–Crippen LogP) is 2.93. The molecule has 0 aromatic heterocycles. The lowest BCUT2D eigenvalue weighted by atomic mass is 10.1. The normalized spacial score (nSPS) is 12.5. The standard InChI is InChI=1S/C14H23NO/c1-5-15-9-11(2)10-16-14-12(3)7-6-8-13(14)4/h6-8,11,15H,5,9-10H2,1-4H3. The van der Waals surface area contributed by atoms with Crippen LogP contribution in [0.4, 0.5) is 0 Å². The summed E-state index contributed by atoms with van der Waals surface area (Å²) in [4.78, 5) is 0. The maximum atomic E-state index is 5.89. The van der Waals surface area contributed by atoms with Gasteiger partial charge >= 0.3 is 0 Å². The number of aryl methyl sites for hydroxylation is 2. The second kappa shape index (κ2) is 6.54. The van der Waals surface area contributed by atoms with Crippen LogP contribution in [0, 0.1) is 19.8 Å². The van der Waals surface area contributed by atoms with E-state index in [1.807, 2.05) is 0 Å². The van der Waals surface area contributed by atoms with E-state index in [0.29, 0.717) is 5.92 Å². The molecule has 0 saturated carbocycles. The van der Waals surface area contributed by atoms with Crippen LogP contribution in [0.1, 0.15) is 25.0 Å². The van der Waals surface area contributed by atoms with E-state index < -0.39 is 0 Å². The van der Waals surface area contributed by atoms with Gasteiger partial charge in [0.15, 0.2) is 0 Å². The molecule has 1 rings (SSSR count). The van der Waals surface area contributed by atoms with Crippen LogP contribution < -0.4 is 10.1 Å². The Bertz CT molecular complexity index is 302. The van der Waals surface area contributed by atoms with Crippen LogP contribution >= 0.6 is 0 Å². The van der Waals surface area contributed by atoms with Gasteiger partial charge in [-0.3, -0.25) is 0 Å². The topological polar surface area (TPSA) is 21.3 Å². The fourth-order valence-electron chi connectivity index (χ4n) is 1.70. The summed E-state index contributed by atoms with van der Waals surface area (Å²) >= 11 is 0. The fraction of sp³-hybridized carbons (Fsp3) is 0.571. The van der Waals surface area contributed by atoms with Crippen molar-refractivity contribution in [2.24, 2.45) is 5.92 Å². The third-order valence-electron chi connectivity index (χ3n) is 2.66. The fourth-order valence-corrected chi connectivity index (χ4v) is 1.70. The Morgan fingerprint density at radius 2 is 1.88 bits per heavy atom. The highest BCUT2D eigenvalue weighted by molar-refractivity contribution is 5.39. The first-order valence-electron chi connectivity index (χ1n) is 6.04. The average Bonchev–Trinajstić information content (AvgIpc) is 2.25. The van der Waals surface area contributed by atoms with Gasteiger partial charge < -0.3 is 10.1 Å². The summed E-state index contributed by atoms with van der Waals surface area (Å²) in [5.74, 6) is 1.59. The lowest BCUT2D eigenvalue weighted by Crippen LogP contribution is -2.24. The molecule has 2 nitrogen and oxygen atoms in total. The van der Waals surface area contributed by atoms with Crippen LogP contribution in [0.25, 0.3) is 0 Å². The van der Waals surface area contributed by atoms with Gasteiger partial charge in [-0.15, -0.1) is 0 Å². The summed E-state index contributed by atoms with van der Waals surface area (Å²) in [7, 11) is 0. The minimum Gasteiger partial charge on any atom is -0.493 e. The SMILES string of the molecule is CCNCC(C)COc1c(C)cccc1C. The molecule has 1 aromatic carbocycles. The molecule has 0 spiro atoms. The van der Waals surface area contributed by atoms with E-state index in [4.69, 9.17) is 4.74 Å². The average molecular weight is 221 g/mol. The molecule has 0 amide bonds. The van der Waals surface area contributed by atoms with Crippen molar-refractivity contribution in [1.82, 2.24) is 5.32 Å². The lowest BCUT2D eigenvalue weighted by molar-refractivity contribution is 0.253. The largest absolute Gasteiger partial charge is 0.493 e. The van der Waals surface area contributed by atoms with Gasteiger partial charge in [-0.05, 0) is 31.5 Å². The molecular formula is C14H23NO. The maximum absolute atomic E-state index is 5.89. The number of benzene rings is 1. The van der Waals surface area contributed by atoms with Gasteiger partial charge in [0.05, 0.1) is 6.61 Å². The van der Waals surface area contributed by atoms with Gasteiger partial charge in [0, 0.05) is 12.5 Å². The Hall–Kier alpha value is -1.02. The van der Waals surface area contributed by atoms with Crippen LogP contribution in [0.3, 0.4) is 0 Å². The molecule has 2 heteroatoms. The first-order valence-corrected chi connectivity index (χ1v) is 6.04. The van der Waals surface area contributed by atoms with Crippen molar-refractivity contribution in [3.05, 3.63) is 29.3 Å². The quantitative estimate of drug-likeness (QED) is 0.797. The molecule has 1 N–H and O–H groups in total. The predicted molar refractivity (Wildman–Crippen MR) is 69.1 cm³/mol. The summed E-state index contributed by atoms with van der Waals surface area (Å²) in [5.41, 5.74) is 2.44. The van der Waals surface area contributed by atoms with Crippen LogP contribution in [0.5, 0.6) is 5.75 Å². The molecular weight excluding hydrogens is 198 g/mol. The molecule has 0 aliphatic rings. The van der Waals surface area contributed by atoms with Crippen molar-refractivity contribution in [3.63, 3.8) is 0 Å². The van der Waals surface area contributed by atoms with Crippen molar-refractivity contribution in [1.29, 1.82) is 0 Å². The third kappa shape index (κ3) is 3.86. The molecule has 0 fully saturated rings. The highest BCUT2D eigenvalue weighted by Crippen LogP contribution is 2.22. The van der Waals surface area contributed by atoms with Crippen molar-refractivity contribution >= 4 is 0 Å². The highest BCUT2D eigenvalue weighted by atomic mass is 16.5. The number of nitrogens with one attached hydrogen (secondary N) is 1. The Labute approximate surface area is 99.0 Å². The second-order valence-electron chi connectivity index (χ2n) is 4.44.